The smallest absolute Gasteiger partial charge is 0.274 e. The van der Waals surface area contributed by atoms with E-state index in [1.165, 1.54) is 11.2 Å². The van der Waals surface area contributed by atoms with E-state index < -0.39 is 5.54 Å². The molecule has 35 heavy (non-hydrogen) atoms. The number of amides is 3. The van der Waals surface area contributed by atoms with Crippen LogP contribution in [-0.2, 0) is 24.3 Å². The van der Waals surface area contributed by atoms with Gasteiger partial charge in [-0.3, -0.25) is 14.4 Å². The number of thiophene rings is 1. The van der Waals surface area contributed by atoms with Gasteiger partial charge in [0.1, 0.15) is 11.2 Å². The van der Waals surface area contributed by atoms with Gasteiger partial charge < -0.3 is 20.1 Å². The van der Waals surface area contributed by atoms with Gasteiger partial charge in [0.2, 0.25) is 5.91 Å². The Labute approximate surface area is 212 Å². The highest BCUT2D eigenvalue weighted by Gasteiger charge is 2.53. The molecule has 1 aliphatic carbocycles. The van der Waals surface area contributed by atoms with Crippen LogP contribution in [0.1, 0.15) is 51.2 Å². The molecule has 1 aliphatic heterocycles. The van der Waals surface area contributed by atoms with E-state index in [1.807, 2.05) is 35.7 Å². The first-order valence-electron chi connectivity index (χ1n) is 11.6. The van der Waals surface area contributed by atoms with Crippen molar-refractivity contribution in [1.29, 1.82) is 0 Å². The second-order valence-electron chi connectivity index (χ2n) is 9.11. The van der Waals surface area contributed by atoms with E-state index in [0.717, 1.165) is 18.4 Å². The molecular weight excluding hydrogens is 486 g/mol. The number of benzene rings is 1. The Morgan fingerprint density at radius 2 is 2.00 bits per heavy atom. The minimum Gasteiger partial charge on any atom is -0.350 e. The van der Waals surface area contributed by atoms with Crippen molar-refractivity contribution in [3.8, 4) is 0 Å². The van der Waals surface area contributed by atoms with E-state index >= 15 is 0 Å². The highest BCUT2D eigenvalue weighted by Crippen LogP contribution is 2.39. The second-order valence-corrected chi connectivity index (χ2v) is 10.5. The lowest BCUT2D eigenvalue weighted by Gasteiger charge is -2.44. The average Bonchev–Trinajstić information content (AvgIpc) is 3.35. The van der Waals surface area contributed by atoms with E-state index in [2.05, 4.69) is 15.6 Å². The molecule has 8 nitrogen and oxygen atoms in total. The normalized spacial score (nSPS) is 19.4. The van der Waals surface area contributed by atoms with E-state index in [9.17, 15) is 14.4 Å². The standard InChI is InChI=1S/C25H26ClN5O3S/c1-25(24(34)28-13-16-5-2-3-7-19(16)26)14-30-15-29-20(21(30)23(33)31(25)17-8-9-17)22(32)27-11-10-18-6-4-12-35-18/h2-7,12,15,17H,8-11,13-14H2,1H3,(H,27,32)(H,28,34). The molecule has 0 spiro atoms. The Hall–Kier alpha value is -3.17. The fraction of sp³-hybridized carbons (Fsp3) is 0.360. The van der Waals surface area contributed by atoms with Gasteiger partial charge in [0.05, 0.1) is 12.9 Å². The van der Waals surface area contributed by atoms with Crippen molar-refractivity contribution in [3.63, 3.8) is 0 Å². The third kappa shape index (κ3) is 4.58. The van der Waals surface area contributed by atoms with Crippen molar-refractivity contribution in [2.75, 3.05) is 6.54 Å². The van der Waals surface area contributed by atoms with Gasteiger partial charge in [-0.15, -0.1) is 11.3 Å². The zero-order chi connectivity index (χ0) is 24.6. The van der Waals surface area contributed by atoms with Crippen molar-refractivity contribution >= 4 is 40.7 Å². The highest BCUT2D eigenvalue weighted by molar-refractivity contribution is 7.09. The molecule has 1 atom stereocenters. The average molecular weight is 512 g/mol. The molecule has 3 aromatic rings. The van der Waals surface area contributed by atoms with E-state index in [1.54, 1.807) is 33.8 Å². The fourth-order valence-electron chi connectivity index (χ4n) is 4.57. The summed E-state index contributed by atoms with van der Waals surface area (Å²) in [5.41, 5.74) is 0.0310. The van der Waals surface area contributed by atoms with Gasteiger partial charge >= 0.3 is 0 Å². The van der Waals surface area contributed by atoms with Crippen LogP contribution in [-0.4, -0.2) is 50.3 Å². The highest BCUT2D eigenvalue weighted by atomic mass is 35.5. The summed E-state index contributed by atoms with van der Waals surface area (Å²) in [5, 5.41) is 8.39. The second kappa shape index (κ2) is 9.47. The number of carbonyl (C=O) groups excluding carboxylic acids is 3. The van der Waals surface area contributed by atoms with Crippen molar-refractivity contribution in [2.45, 2.75) is 50.9 Å². The van der Waals surface area contributed by atoms with E-state index in [-0.39, 0.29) is 48.2 Å². The van der Waals surface area contributed by atoms with Gasteiger partial charge in [0.25, 0.3) is 11.8 Å². The fourth-order valence-corrected chi connectivity index (χ4v) is 5.48. The van der Waals surface area contributed by atoms with Crippen LogP contribution < -0.4 is 10.6 Å². The minimum atomic E-state index is -1.11. The molecule has 0 saturated heterocycles. The SMILES string of the molecule is CC1(C(=O)NCc2ccccc2Cl)Cn2cnc(C(=O)NCCc3cccs3)c2C(=O)N1C1CC1. The summed E-state index contributed by atoms with van der Waals surface area (Å²) in [6.07, 6.45) is 3.85. The number of hydrogen-bond acceptors (Lipinski definition) is 5. The molecule has 5 rings (SSSR count). The first-order chi connectivity index (χ1) is 16.9. The lowest BCUT2D eigenvalue weighted by Crippen LogP contribution is -2.64. The number of halogens is 1. The summed E-state index contributed by atoms with van der Waals surface area (Å²) < 4.78 is 1.63. The molecule has 3 heterocycles. The molecule has 0 bridgehead atoms. The third-order valence-electron chi connectivity index (χ3n) is 6.52. The van der Waals surface area contributed by atoms with Crippen LogP contribution in [0.2, 0.25) is 5.02 Å². The maximum atomic E-state index is 13.7. The Bertz CT molecular complexity index is 1270. The van der Waals surface area contributed by atoms with Gasteiger partial charge in [0, 0.05) is 29.0 Å². The number of carbonyl (C=O) groups is 3. The number of nitrogens with zero attached hydrogens (tertiary/aromatic N) is 3. The van der Waals surface area contributed by atoms with Gasteiger partial charge in [-0.25, -0.2) is 4.98 Å². The van der Waals surface area contributed by atoms with Crippen LogP contribution in [0, 0.1) is 0 Å². The van der Waals surface area contributed by atoms with Gasteiger partial charge in [-0.1, -0.05) is 35.9 Å². The Balaban J connectivity index is 1.34. The van der Waals surface area contributed by atoms with Crippen molar-refractivity contribution in [2.24, 2.45) is 0 Å². The molecule has 1 unspecified atom stereocenters. The molecule has 10 heteroatoms. The summed E-state index contributed by atoms with van der Waals surface area (Å²) in [4.78, 5) is 47.1. The van der Waals surface area contributed by atoms with E-state index in [0.29, 0.717) is 18.0 Å². The molecule has 0 radical (unpaired) electrons. The molecular formula is C25H26ClN5O3S. The quantitative estimate of drug-likeness (QED) is 0.485. The summed E-state index contributed by atoms with van der Waals surface area (Å²) in [6, 6.07) is 11.3. The zero-order valence-corrected chi connectivity index (χ0v) is 20.9. The van der Waals surface area contributed by atoms with Crippen LogP contribution in [0.4, 0.5) is 0 Å². The van der Waals surface area contributed by atoms with Crippen LogP contribution in [0.3, 0.4) is 0 Å². The van der Waals surface area contributed by atoms with Crippen LogP contribution in [0.25, 0.3) is 0 Å². The maximum absolute atomic E-state index is 13.7. The van der Waals surface area contributed by atoms with Crippen molar-refractivity contribution in [3.05, 3.63) is 75.0 Å². The molecule has 182 valence electrons. The van der Waals surface area contributed by atoms with Crippen LogP contribution in [0.15, 0.2) is 48.1 Å². The summed E-state index contributed by atoms with van der Waals surface area (Å²) >= 11 is 7.87. The monoisotopic (exact) mass is 511 g/mol. The van der Waals surface area contributed by atoms with Crippen molar-refractivity contribution in [1.82, 2.24) is 25.1 Å². The maximum Gasteiger partial charge on any atom is 0.274 e. The largest absolute Gasteiger partial charge is 0.350 e. The minimum absolute atomic E-state index is 0.0306. The zero-order valence-electron chi connectivity index (χ0n) is 19.3. The molecule has 1 aromatic carbocycles. The molecule has 1 saturated carbocycles. The molecule has 2 aromatic heterocycles. The number of aromatic nitrogens is 2. The predicted octanol–water partition coefficient (Wildman–Crippen LogP) is 3.26. The molecule has 1 fully saturated rings. The first kappa shape index (κ1) is 23.6. The topological polar surface area (TPSA) is 96.3 Å². The van der Waals surface area contributed by atoms with Crippen LogP contribution >= 0.6 is 22.9 Å². The molecule has 2 N–H and O–H groups in total. The Morgan fingerprint density at radius 3 is 2.71 bits per heavy atom. The molecule has 2 aliphatic rings. The van der Waals surface area contributed by atoms with Crippen molar-refractivity contribution < 1.29 is 14.4 Å². The number of nitrogens with one attached hydrogen (secondary N) is 2. The number of hydrogen-bond donors (Lipinski definition) is 2. The van der Waals surface area contributed by atoms with Gasteiger partial charge in [-0.2, -0.15) is 0 Å². The third-order valence-corrected chi connectivity index (χ3v) is 7.82. The molecule has 3 amide bonds. The lowest BCUT2D eigenvalue weighted by atomic mass is 9.93. The van der Waals surface area contributed by atoms with Crippen LogP contribution in [0.5, 0.6) is 0 Å². The number of imidazole rings is 1. The predicted molar refractivity (Wildman–Crippen MR) is 133 cm³/mol. The summed E-state index contributed by atoms with van der Waals surface area (Å²) in [6.45, 7) is 2.70. The number of rotatable bonds is 8. The number of fused-ring (bicyclic) bond motifs is 1. The Morgan fingerprint density at radius 1 is 1.20 bits per heavy atom. The van der Waals surface area contributed by atoms with E-state index in [4.69, 9.17) is 11.6 Å². The lowest BCUT2D eigenvalue weighted by molar-refractivity contribution is -0.133. The summed E-state index contributed by atoms with van der Waals surface area (Å²) in [7, 11) is 0. The van der Waals surface area contributed by atoms with Gasteiger partial charge in [0.15, 0.2) is 5.69 Å². The summed E-state index contributed by atoms with van der Waals surface area (Å²) in [5.74, 6) is -0.986. The Kier molecular flexibility index (Phi) is 6.37. The van der Waals surface area contributed by atoms with Gasteiger partial charge in [-0.05, 0) is 49.3 Å². The first-order valence-corrected chi connectivity index (χ1v) is 12.9.